The molecule has 9 heteroatoms. The maximum Gasteiger partial charge on any atom is 0.264 e. The van der Waals surface area contributed by atoms with Gasteiger partial charge in [-0.3, -0.25) is 14.3 Å². The summed E-state index contributed by atoms with van der Waals surface area (Å²) in [7, 11) is 0. The van der Waals surface area contributed by atoms with Gasteiger partial charge in [0.05, 0.1) is 17.9 Å². The summed E-state index contributed by atoms with van der Waals surface area (Å²) in [5.41, 5.74) is 1.86. The smallest absolute Gasteiger partial charge is 0.264 e. The monoisotopic (exact) mass is 557 g/mol. The molecule has 9 nitrogen and oxygen atoms in total. The van der Waals surface area contributed by atoms with Gasteiger partial charge in [-0.05, 0) is 43.0 Å². The summed E-state index contributed by atoms with van der Waals surface area (Å²) < 4.78 is 1.72. The second-order valence-corrected chi connectivity index (χ2v) is 11.0. The highest BCUT2D eigenvalue weighted by atomic mass is 16.3. The van der Waals surface area contributed by atoms with Gasteiger partial charge in [0.15, 0.2) is 5.60 Å². The summed E-state index contributed by atoms with van der Waals surface area (Å²) in [5, 5.41) is 29.4. The molecule has 1 aromatic heterocycles. The van der Waals surface area contributed by atoms with Gasteiger partial charge in [-0.15, -0.1) is 5.10 Å². The molecule has 0 bridgehead atoms. The molecule has 0 spiro atoms. The molecular formula is C32H39N5O4. The number of aryl methyl sites for hydroxylation is 1. The lowest BCUT2D eigenvalue weighted by molar-refractivity contribution is -0.139. The minimum absolute atomic E-state index is 0.0269. The van der Waals surface area contributed by atoms with Gasteiger partial charge in [-0.2, -0.15) is 0 Å². The van der Waals surface area contributed by atoms with E-state index in [-0.39, 0.29) is 18.4 Å². The van der Waals surface area contributed by atoms with E-state index in [2.05, 4.69) is 10.3 Å². The minimum Gasteiger partial charge on any atom is -0.396 e. The minimum atomic E-state index is -1.77. The Morgan fingerprint density at radius 3 is 2.68 bits per heavy atom. The van der Waals surface area contributed by atoms with Crippen molar-refractivity contribution in [3.05, 3.63) is 83.7 Å². The van der Waals surface area contributed by atoms with Crippen molar-refractivity contribution < 1.29 is 19.8 Å². The van der Waals surface area contributed by atoms with Crippen LogP contribution in [0.15, 0.2) is 66.9 Å². The molecule has 41 heavy (non-hydrogen) atoms. The number of amides is 2. The first-order chi connectivity index (χ1) is 19.9. The fourth-order valence-corrected chi connectivity index (χ4v) is 5.78. The van der Waals surface area contributed by atoms with Crippen molar-refractivity contribution in [2.45, 2.75) is 70.6 Å². The van der Waals surface area contributed by atoms with Gasteiger partial charge in [0, 0.05) is 55.9 Å². The number of fused-ring (bicyclic) bond motifs is 1. The zero-order valence-corrected chi connectivity index (χ0v) is 23.7. The van der Waals surface area contributed by atoms with E-state index in [1.165, 1.54) is 0 Å². The van der Waals surface area contributed by atoms with Crippen LogP contribution in [0.5, 0.6) is 0 Å². The molecule has 2 atom stereocenters. The Bertz CT molecular complexity index is 1390. The van der Waals surface area contributed by atoms with Gasteiger partial charge in [0.2, 0.25) is 5.91 Å². The van der Waals surface area contributed by atoms with E-state index < -0.39 is 11.5 Å². The van der Waals surface area contributed by atoms with Crippen molar-refractivity contribution in [2.24, 2.45) is 5.92 Å². The van der Waals surface area contributed by atoms with Crippen LogP contribution in [0.2, 0.25) is 0 Å². The standard InChI is InChI=1S/C32H39N5O4/c1-24(11-8-10-18-35-23-26(17-20-38)33-34-35)32(41)28-21-27(36-19-9-3-2-7-14-30(36)39)15-16-29(28)37(31(32)40)22-25-12-5-4-6-13-25/h4-6,8,11-13,15-16,21,23-24,38,41H,2-3,7,9-10,14,17-20,22H2,1H3/b11-8+/t24-,32+/m0/s1. The molecule has 0 radical (unpaired) electrons. The first kappa shape index (κ1) is 28.7. The van der Waals surface area contributed by atoms with Crippen molar-refractivity contribution in [1.82, 2.24) is 15.0 Å². The third-order valence-corrected chi connectivity index (χ3v) is 8.13. The summed E-state index contributed by atoms with van der Waals surface area (Å²) >= 11 is 0. The topological polar surface area (TPSA) is 112 Å². The van der Waals surface area contributed by atoms with Crippen molar-refractivity contribution in [1.29, 1.82) is 0 Å². The van der Waals surface area contributed by atoms with E-state index in [0.717, 1.165) is 42.6 Å². The largest absolute Gasteiger partial charge is 0.396 e. The Morgan fingerprint density at radius 2 is 1.88 bits per heavy atom. The Labute approximate surface area is 241 Å². The van der Waals surface area contributed by atoms with E-state index in [1.807, 2.05) is 78.7 Å². The first-order valence-corrected chi connectivity index (χ1v) is 14.6. The Morgan fingerprint density at radius 1 is 1.07 bits per heavy atom. The first-order valence-electron chi connectivity index (χ1n) is 14.6. The Balaban J connectivity index is 1.42. The van der Waals surface area contributed by atoms with Crippen LogP contribution in [0, 0.1) is 5.92 Å². The van der Waals surface area contributed by atoms with Crippen LogP contribution in [0.3, 0.4) is 0 Å². The molecule has 216 valence electrons. The van der Waals surface area contributed by atoms with E-state index in [9.17, 15) is 14.7 Å². The highest BCUT2D eigenvalue weighted by Gasteiger charge is 2.52. The molecule has 0 unspecified atom stereocenters. The van der Waals surface area contributed by atoms with Crippen LogP contribution < -0.4 is 9.80 Å². The summed E-state index contributed by atoms with van der Waals surface area (Å²) in [6.07, 6.45) is 11.2. The number of nitrogens with zero attached hydrogens (tertiary/aromatic N) is 5. The van der Waals surface area contributed by atoms with Crippen LogP contribution in [0.1, 0.15) is 62.3 Å². The van der Waals surface area contributed by atoms with Gasteiger partial charge in [-0.25, -0.2) is 0 Å². The second kappa shape index (κ2) is 12.8. The van der Waals surface area contributed by atoms with Crippen molar-refractivity contribution >= 4 is 23.2 Å². The fraction of sp³-hybridized carbons (Fsp3) is 0.438. The number of aliphatic hydroxyl groups is 2. The van der Waals surface area contributed by atoms with E-state index in [4.69, 9.17) is 5.11 Å². The zero-order chi connectivity index (χ0) is 28.8. The highest BCUT2D eigenvalue weighted by molar-refractivity contribution is 6.08. The molecule has 2 amide bonds. The summed E-state index contributed by atoms with van der Waals surface area (Å²) in [6, 6.07) is 15.4. The van der Waals surface area contributed by atoms with E-state index >= 15 is 0 Å². The number of benzene rings is 2. The molecular weight excluding hydrogens is 518 g/mol. The maximum absolute atomic E-state index is 14.0. The van der Waals surface area contributed by atoms with Gasteiger partial charge < -0.3 is 20.0 Å². The number of carbonyl (C=O) groups excluding carboxylic acids is 2. The molecule has 1 saturated heterocycles. The van der Waals surface area contributed by atoms with E-state index in [0.29, 0.717) is 50.1 Å². The Hall–Kier alpha value is -3.82. The van der Waals surface area contributed by atoms with Gasteiger partial charge in [0.25, 0.3) is 5.91 Å². The Kier molecular flexibility index (Phi) is 8.95. The number of rotatable bonds is 10. The average molecular weight is 558 g/mol. The molecule has 2 N–H and O–H groups in total. The quantitative estimate of drug-likeness (QED) is 0.363. The van der Waals surface area contributed by atoms with Crippen molar-refractivity contribution in [3.8, 4) is 0 Å². The van der Waals surface area contributed by atoms with Crippen LogP contribution in [0.4, 0.5) is 11.4 Å². The van der Waals surface area contributed by atoms with Crippen LogP contribution in [0.25, 0.3) is 0 Å². The lowest BCUT2D eigenvalue weighted by atomic mass is 9.82. The molecule has 2 aliphatic rings. The summed E-state index contributed by atoms with van der Waals surface area (Å²) in [4.78, 5) is 30.5. The van der Waals surface area contributed by atoms with Crippen LogP contribution in [-0.2, 0) is 34.7 Å². The number of aromatic nitrogens is 3. The molecule has 3 heterocycles. The normalized spacial score (nSPS) is 20.4. The number of hydrogen-bond acceptors (Lipinski definition) is 6. The number of hydrogen-bond donors (Lipinski definition) is 2. The summed E-state index contributed by atoms with van der Waals surface area (Å²) in [6.45, 7) is 3.45. The second-order valence-electron chi connectivity index (χ2n) is 11.0. The molecule has 3 aromatic rings. The predicted octanol–water partition coefficient (Wildman–Crippen LogP) is 4.13. The van der Waals surface area contributed by atoms with Crippen molar-refractivity contribution in [3.63, 3.8) is 0 Å². The molecule has 2 aliphatic heterocycles. The molecule has 0 saturated carbocycles. The molecule has 2 aromatic carbocycles. The van der Waals surface area contributed by atoms with Crippen LogP contribution in [-0.4, -0.2) is 50.2 Å². The number of allylic oxidation sites excluding steroid dienone is 1. The average Bonchev–Trinajstić information content (AvgIpc) is 3.50. The SMILES string of the molecule is C[C@@H](/C=C/CCn1cc(CCO)nn1)[C@]1(O)C(=O)N(Cc2ccccc2)c2ccc(N3CCCCCCC3=O)cc21. The number of carbonyl (C=O) groups is 2. The van der Waals surface area contributed by atoms with E-state index in [1.54, 1.807) is 9.58 Å². The summed E-state index contributed by atoms with van der Waals surface area (Å²) in [5.74, 6) is -0.801. The third-order valence-electron chi connectivity index (χ3n) is 8.13. The zero-order valence-electron chi connectivity index (χ0n) is 23.7. The third kappa shape index (κ3) is 6.11. The lowest BCUT2D eigenvalue weighted by Crippen LogP contribution is -2.44. The van der Waals surface area contributed by atoms with Gasteiger partial charge >= 0.3 is 0 Å². The maximum atomic E-state index is 14.0. The number of anilines is 2. The molecule has 0 aliphatic carbocycles. The molecule has 1 fully saturated rings. The van der Waals surface area contributed by atoms with Crippen molar-refractivity contribution in [2.75, 3.05) is 23.0 Å². The van der Waals surface area contributed by atoms with Gasteiger partial charge in [0.1, 0.15) is 0 Å². The number of aliphatic hydroxyl groups excluding tert-OH is 1. The van der Waals surface area contributed by atoms with Gasteiger partial charge in [-0.1, -0.05) is 67.5 Å². The van der Waals surface area contributed by atoms with Crippen LogP contribution >= 0.6 is 0 Å². The predicted molar refractivity (Wildman–Crippen MR) is 157 cm³/mol. The lowest BCUT2D eigenvalue weighted by Gasteiger charge is -2.29. The highest BCUT2D eigenvalue weighted by Crippen LogP contribution is 2.47. The fourth-order valence-electron chi connectivity index (χ4n) is 5.78. The molecule has 5 rings (SSSR count).